The maximum Gasteiger partial charge on any atom is 0.321 e. The summed E-state index contributed by atoms with van der Waals surface area (Å²) in [6.07, 6.45) is 6.04. The third-order valence-corrected chi connectivity index (χ3v) is 6.72. The fourth-order valence-corrected chi connectivity index (χ4v) is 5.00. The van der Waals surface area contributed by atoms with Gasteiger partial charge in [0.25, 0.3) is 0 Å². The summed E-state index contributed by atoms with van der Waals surface area (Å²) in [4.78, 5) is 39.9. The van der Waals surface area contributed by atoms with Crippen LogP contribution in [0.2, 0.25) is 0 Å². The lowest BCUT2D eigenvalue weighted by molar-refractivity contribution is -0.162. The lowest BCUT2D eigenvalue weighted by atomic mass is 9.65. The van der Waals surface area contributed by atoms with Crippen LogP contribution in [0.15, 0.2) is 48.6 Å². The van der Waals surface area contributed by atoms with Crippen LogP contribution in [0, 0.1) is 17.8 Å². The van der Waals surface area contributed by atoms with Crippen LogP contribution < -0.4 is 0 Å². The first-order chi connectivity index (χ1) is 16.7. The molecular weight excluding hydrogens is 454 g/mol. The SMILES string of the molecule is O=C(/C=C/c1ccc(O)c(O)c1)C1CN2CCC1C(C(=O)/C=C/c1ccc(O)c(O)c1)C2C(=O)O. The zero-order chi connectivity index (χ0) is 25.3. The average Bonchev–Trinajstić information content (AvgIpc) is 2.84. The normalized spacial score (nSPS) is 25.8. The number of ketones is 2. The van der Waals surface area contributed by atoms with Gasteiger partial charge < -0.3 is 25.5 Å². The molecule has 35 heavy (non-hydrogen) atoms. The molecule has 5 N–H and O–H groups in total. The van der Waals surface area contributed by atoms with E-state index in [2.05, 4.69) is 0 Å². The molecule has 0 radical (unpaired) electrons. The maximum atomic E-state index is 13.2. The number of carbonyl (C=O) groups is 3. The minimum absolute atomic E-state index is 0.227. The van der Waals surface area contributed by atoms with Gasteiger partial charge in [-0.3, -0.25) is 19.3 Å². The number of carboxylic acids is 1. The van der Waals surface area contributed by atoms with E-state index in [1.165, 1.54) is 60.7 Å². The Morgan fingerprint density at radius 3 is 1.86 bits per heavy atom. The Morgan fingerprint density at radius 2 is 1.34 bits per heavy atom. The molecule has 0 spiro atoms. The predicted octanol–water partition coefficient (Wildman–Crippen LogP) is 2.39. The Labute approximate surface area is 200 Å². The van der Waals surface area contributed by atoms with Crippen LogP contribution >= 0.6 is 0 Å². The summed E-state index contributed by atoms with van der Waals surface area (Å²) < 4.78 is 0. The zero-order valence-corrected chi connectivity index (χ0v) is 18.6. The van der Waals surface area contributed by atoms with Crippen molar-refractivity contribution < 1.29 is 39.9 Å². The average molecular weight is 479 g/mol. The molecule has 3 fully saturated rings. The number of nitrogens with zero attached hydrogens (tertiary/aromatic N) is 1. The molecular formula is C26H25NO8. The quantitative estimate of drug-likeness (QED) is 0.297. The van der Waals surface area contributed by atoms with Crippen LogP contribution in [-0.4, -0.2) is 67.1 Å². The van der Waals surface area contributed by atoms with Gasteiger partial charge in [-0.15, -0.1) is 0 Å². The summed E-state index contributed by atoms with van der Waals surface area (Å²) in [5.74, 6) is -4.97. The van der Waals surface area contributed by atoms with Crippen LogP contribution in [-0.2, 0) is 14.4 Å². The summed E-state index contributed by atoms with van der Waals surface area (Å²) in [6, 6.07) is 7.18. The molecule has 2 aromatic rings. The highest BCUT2D eigenvalue weighted by Gasteiger charge is 2.54. The molecule has 5 rings (SSSR count). The Bertz CT molecular complexity index is 1230. The fraction of sp³-hybridized carbons (Fsp3) is 0.269. The molecule has 2 aromatic carbocycles. The number of phenolic OH excluding ortho intramolecular Hbond substituents is 4. The summed E-state index contributed by atoms with van der Waals surface area (Å²) in [7, 11) is 0. The fourth-order valence-electron chi connectivity index (χ4n) is 5.00. The largest absolute Gasteiger partial charge is 0.504 e. The molecule has 0 aromatic heterocycles. The third kappa shape index (κ3) is 4.90. The topological polar surface area (TPSA) is 156 Å². The third-order valence-electron chi connectivity index (χ3n) is 6.72. The van der Waals surface area contributed by atoms with Gasteiger partial charge in [-0.1, -0.05) is 24.3 Å². The Morgan fingerprint density at radius 1 is 0.800 bits per heavy atom. The molecule has 3 saturated heterocycles. The van der Waals surface area contributed by atoms with E-state index in [1.54, 1.807) is 4.90 Å². The number of allylic oxidation sites excluding steroid dienone is 2. The van der Waals surface area contributed by atoms with Crippen LogP contribution in [0.1, 0.15) is 17.5 Å². The van der Waals surface area contributed by atoms with E-state index in [0.717, 1.165) is 0 Å². The Hall–Kier alpha value is -4.11. The minimum atomic E-state index is -1.12. The number of aliphatic carboxylic acids is 1. The molecule has 3 aliphatic heterocycles. The lowest BCUT2D eigenvalue weighted by Gasteiger charge is -2.51. The summed E-state index contributed by atoms with van der Waals surface area (Å²) in [5, 5.41) is 48.0. The predicted molar refractivity (Wildman–Crippen MR) is 126 cm³/mol. The highest BCUT2D eigenvalue weighted by Crippen LogP contribution is 2.42. The van der Waals surface area contributed by atoms with Gasteiger partial charge in [0.1, 0.15) is 6.04 Å². The second-order valence-electron chi connectivity index (χ2n) is 8.83. The van der Waals surface area contributed by atoms with E-state index < -0.39 is 35.5 Å². The van der Waals surface area contributed by atoms with Gasteiger partial charge in [0, 0.05) is 12.5 Å². The molecule has 9 nitrogen and oxygen atoms in total. The van der Waals surface area contributed by atoms with Gasteiger partial charge in [0.2, 0.25) is 0 Å². The highest BCUT2D eigenvalue weighted by atomic mass is 16.4. The van der Waals surface area contributed by atoms with E-state index in [0.29, 0.717) is 24.1 Å². The summed E-state index contributed by atoms with van der Waals surface area (Å²) in [6.45, 7) is 0.700. The molecule has 182 valence electrons. The summed E-state index contributed by atoms with van der Waals surface area (Å²) in [5.41, 5.74) is 0.959. The minimum Gasteiger partial charge on any atom is -0.504 e. The smallest absolute Gasteiger partial charge is 0.321 e. The Kier molecular flexibility index (Phi) is 6.61. The van der Waals surface area contributed by atoms with Crippen molar-refractivity contribution in [2.75, 3.05) is 13.1 Å². The van der Waals surface area contributed by atoms with Crippen molar-refractivity contribution >= 4 is 29.7 Å². The number of fused-ring (bicyclic) bond motifs is 3. The maximum absolute atomic E-state index is 13.2. The number of hydrogen-bond acceptors (Lipinski definition) is 8. The van der Waals surface area contributed by atoms with Gasteiger partial charge in [-0.2, -0.15) is 0 Å². The van der Waals surface area contributed by atoms with Crippen LogP contribution in [0.25, 0.3) is 12.2 Å². The van der Waals surface area contributed by atoms with Gasteiger partial charge >= 0.3 is 5.97 Å². The van der Waals surface area contributed by atoms with Crippen molar-refractivity contribution in [1.82, 2.24) is 4.90 Å². The van der Waals surface area contributed by atoms with Gasteiger partial charge in [0.15, 0.2) is 34.6 Å². The van der Waals surface area contributed by atoms with Gasteiger partial charge in [-0.25, -0.2) is 0 Å². The number of benzene rings is 2. The molecule has 0 aliphatic carbocycles. The lowest BCUT2D eigenvalue weighted by Crippen LogP contribution is -2.64. The first kappa shape index (κ1) is 24.0. The van der Waals surface area contributed by atoms with Crippen molar-refractivity contribution in [3.63, 3.8) is 0 Å². The van der Waals surface area contributed by atoms with Crippen molar-refractivity contribution in [2.45, 2.75) is 12.5 Å². The second-order valence-corrected chi connectivity index (χ2v) is 8.83. The van der Waals surface area contributed by atoms with Crippen LogP contribution in [0.5, 0.6) is 23.0 Å². The van der Waals surface area contributed by atoms with Crippen LogP contribution in [0.3, 0.4) is 0 Å². The van der Waals surface area contributed by atoms with Crippen LogP contribution in [0.4, 0.5) is 0 Å². The molecule has 5 unspecified atom stereocenters. The van der Waals surface area contributed by atoms with E-state index in [4.69, 9.17) is 0 Å². The number of carboxylic acid groups (broad SMARTS) is 1. The Balaban J connectivity index is 1.56. The van der Waals surface area contributed by atoms with E-state index in [-0.39, 0.29) is 35.3 Å². The van der Waals surface area contributed by atoms with E-state index >= 15 is 0 Å². The first-order valence-electron chi connectivity index (χ1n) is 11.1. The highest BCUT2D eigenvalue weighted by molar-refractivity contribution is 6.01. The molecule has 3 aliphatic rings. The number of hydrogen-bond donors (Lipinski definition) is 5. The first-order valence-corrected chi connectivity index (χ1v) is 11.1. The molecule has 3 heterocycles. The van der Waals surface area contributed by atoms with Crippen molar-refractivity contribution in [3.05, 3.63) is 59.7 Å². The number of aromatic hydroxyl groups is 4. The van der Waals surface area contributed by atoms with Crippen molar-refractivity contribution in [1.29, 1.82) is 0 Å². The number of rotatable bonds is 7. The van der Waals surface area contributed by atoms with Gasteiger partial charge in [0.05, 0.1) is 5.92 Å². The monoisotopic (exact) mass is 479 g/mol. The number of phenols is 4. The molecule has 9 heteroatoms. The standard InChI is InChI=1S/C26H25NO8/c28-18(5-1-14-2-6-19(29)22(32)11-14)17-13-27-10-9-16(17)24(25(27)26(34)35)21(31)8-4-15-3-7-20(30)23(33)12-15/h1-8,11-12,16-17,24-25,29-30,32-33H,9-10,13H2,(H,34,35)/b5-1+,8-4+. The van der Waals surface area contributed by atoms with E-state index in [9.17, 15) is 39.9 Å². The molecule has 0 amide bonds. The number of piperidine rings is 3. The molecule has 5 atom stereocenters. The number of carbonyl (C=O) groups excluding carboxylic acids is 2. The van der Waals surface area contributed by atoms with Gasteiger partial charge in [-0.05, 0) is 66.4 Å². The van der Waals surface area contributed by atoms with Crippen molar-refractivity contribution in [3.8, 4) is 23.0 Å². The molecule has 0 saturated carbocycles. The zero-order valence-electron chi connectivity index (χ0n) is 18.6. The second kappa shape index (κ2) is 9.63. The molecule has 2 bridgehead atoms. The summed E-state index contributed by atoms with van der Waals surface area (Å²) >= 11 is 0. The van der Waals surface area contributed by atoms with E-state index in [1.807, 2.05) is 0 Å². The van der Waals surface area contributed by atoms with Crippen molar-refractivity contribution in [2.24, 2.45) is 17.8 Å².